The van der Waals surface area contributed by atoms with E-state index >= 15 is 0 Å². The number of halogens is 1. The molecule has 31 heavy (non-hydrogen) atoms. The number of carbonyl (C=O) groups is 2. The van der Waals surface area contributed by atoms with Crippen molar-refractivity contribution < 1.29 is 23.8 Å². The van der Waals surface area contributed by atoms with E-state index < -0.39 is 5.97 Å². The minimum Gasteiger partial charge on any atom is -0.486 e. The summed E-state index contributed by atoms with van der Waals surface area (Å²) >= 11 is 3.33. The number of nitrogens with one attached hydrogen (secondary N) is 1. The highest BCUT2D eigenvalue weighted by Crippen LogP contribution is 2.30. The molecule has 0 aliphatic carbocycles. The molecule has 1 aliphatic heterocycles. The van der Waals surface area contributed by atoms with Crippen molar-refractivity contribution in [1.29, 1.82) is 0 Å². The molecule has 0 saturated carbocycles. The Bertz CT molecular complexity index is 1140. The Morgan fingerprint density at radius 2 is 1.71 bits per heavy atom. The van der Waals surface area contributed by atoms with Crippen molar-refractivity contribution in [3.8, 4) is 17.2 Å². The van der Waals surface area contributed by atoms with Crippen molar-refractivity contribution in [3.05, 3.63) is 87.9 Å². The molecule has 1 heterocycles. The predicted octanol–water partition coefficient (Wildman–Crippen LogP) is 4.20. The van der Waals surface area contributed by atoms with Gasteiger partial charge in [-0.1, -0.05) is 22.0 Å². The third-order valence-electron chi connectivity index (χ3n) is 4.34. The van der Waals surface area contributed by atoms with Crippen LogP contribution in [0.15, 0.2) is 76.3 Å². The number of hydrazone groups is 1. The lowest BCUT2D eigenvalue weighted by molar-refractivity contribution is 0.0734. The number of fused-ring (bicyclic) bond motifs is 1. The molecule has 0 saturated heterocycles. The number of esters is 1. The standard InChI is InChI=1S/C23H17BrN2O5/c24-18-3-1-2-17(12-18)23(28)31-19-7-4-15(5-8-19)14-25-26-22(27)16-6-9-20-21(13-16)30-11-10-29-20/h1-9,12-14H,10-11H2,(H,26,27). The second-order valence-corrected chi connectivity index (χ2v) is 7.44. The van der Waals surface area contributed by atoms with Gasteiger partial charge in [-0.15, -0.1) is 0 Å². The van der Waals surface area contributed by atoms with E-state index in [0.717, 1.165) is 10.0 Å². The minimum absolute atomic E-state index is 0.368. The first-order valence-electron chi connectivity index (χ1n) is 9.39. The zero-order valence-corrected chi connectivity index (χ0v) is 17.8. The predicted molar refractivity (Wildman–Crippen MR) is 118 cm³/mol. The molecule has 0 bridgehead atoms. The van der Waals surface area contributed by atoms with Gasteiger partial charge in [-0.25, -0.2) is 10.2 Å². The molecule has 1 N–H and O–H groups in total. The van der Waals surface area contributed by atoms with Crippen molar-refractivity contribution in [2.24, 2.45) is 5.10 Å². The molecule has 8 heteroatoms. The zero-order chi connectivity index (χ0) is 21.6. The number of hydrogen-bond acceptors (Lipinski definition) is 6. The highest BCUT2D eigenvalue weighted by molar-refractivity contribution is 9.10. The van der Waals surface area contributed by atoms with Crippen LogP contribution >= 0.6 is 15.9 Å². The van der Waals surface area contributed by atoms with Gasteiger partial charge in [0.1, 0.15) is 19.0 Å². The van der Waals surface area contributed by atoms with Crippen LogP contribution in [0.25, 0.3) is 0 Å². The van der Waals surface area contributed by atoms with Crippen molar-refractivity contribution in [2.75, 3.05) is 13.2 Å². The van der Waals surface area contributed by atoms with Gasteiger partial charge in [-0.2, -0.15) is 5.10 Å². The largest absolute Gasteiger partial charge is 0.486 e. The van der Waals surface area contributed by atoms with E-state index in [0.29, 0.717) is 41.6 Å². The van der Waals surface area contributed by atoms with Crippen LogP contribution in [0, 0.1) is 0 Å². The van der Waals surface area contributed by atoms with Gasteiger partial charge in [0, 0.05) is 10.0 Å². The molecular weight excluding hydrogens is 464 g/mol. The molecule has 156 valence electrons. The average molecular weight is 481 g/mol. The topological polar surface area (TPSA) is 86.2 Å². The Kier molecular flexibility index (Phi) is 6.28. The number of rotatable bonds is 5. The van der Waals surface area contributed by atoms with E-state index in [-0.39, 0.29) is 5.91 Å². The smallest absolute Gasteiger partial charge is 0.343 e. The molecule has 0 radical (unpaired) electrons. The van der Waals surface area contributed by atoms with Gasteiger partial charge in [0.2, 0.25) is 0 Å². The molecule has 0 unspecified atom stereocenters. The summed E-state index contributed by atoms with van der Waals surface area (Å²) in [6.07, 6.45) is 1.50. The highest BCUT2D eigenvalue weighted by atomic mass is 79.9. The Labute approximate surface area is 186 Å². The Morgan fingerprint density at radius 3 is 2.48 bits per heavy atom. The summed E-state index contributed by atoms with van der Waals surface area (Å²) in [5, 5.41) is 3.97. The third kappa shape index (κ3) is 5.29. The average Bonchev–Trinajstić information content (AvgIpc) is 2.80. The molecule has 4 rings (SSSR count). The number of ether oxygens (including phenoxy) is 3. The molecule has 0 fully saturated rings. The van der Waals surface area contributed by atoms with E-state index in [9.17, 15) is 9.59 Å². The second-order valence-electron chi connectivity index (χ2n) is 6.53. The molecule has 1 aliphatic rings. The summed E-state index contributed by atoms with van der Waals surface area (Å²) in [7, 11) is 0. The van der Waals surface area contributed by atoms with Crippen LogP contribution in [0.4, 0.5) is 0 Å². The van der Waals surface area contributed by atoms with Crippen molar-refractivity contribution in [1.82, 2.24) is 5.43 Å². The summed E-state index contributed by atoms with van der Waals surface area (Å²) in [6.45, 7) is 0.940. The van der Waals surface area contributed by atoms with E-state index in [1.165, 1.54) is 6.21 Å². The van der Waals surface area contributed by atoms with Gasteiger partial charge in [0.15, 0.2) is 11.5 Å². The third-order valence-corrected chi connectivity index (χ3v) is 4.83. The van der Waals surface area contributed by atoms with E-state index in [1.54, 1.807) is 60.7 Å². The molecule has 0 spiro atoms. The summed E-state index contributed by atoms with van der Waals surface area (Å²) in [5.74, 6) is 0.743. The molecular formula is C23H17BrN2O5. The first-order valence-corrected chi connectivity index (χ1v) is 10.2. The zero-order valence-electron chi connectivity index (χ0n) is 16.2. The van der Waals surface area contributed by atoms with Crippen LogP contribution in [0.1, 0.15) is 26.3 Å². The number of benzene rings is 3. The number of amides is 1. The Hall–Kier alpha value is -3.65. The first-order chi connectivity index (χ1) is 15.1. The van der Waals surface area contributed by atoms with Gasteiger partial charge in [0.25, 0.3) is 5.91 Å². The Morgan fingerprint density at radius 1 is 0.935 bits per heavy atom. The first kappa shape index (κ1) is 20.6. The van der Waals surface area contributed by atoms with Crippen molar-refractivity contribution in [2.45, 2.75) is 0 Å². The molecule has 3 aromatic rings. The second kappa shape index (κ2) is 9.44. The number of nitrogens with zero attached hydrogens (tertiary/aromatic N) is 1. The maximum atomic E-state index is 12.3. The van der Waals surface area contributed by atoms with Crippen LogP contribution in [-0.2, 0) is 0 Å². The van der Waals surface area contributed by atoms with Gasteiger partial charge in [-0.3, -0.25) is 4.79 Å². The molecule has 0 atom stereocenters. The summed E-state index contributed by atoms with van der Waals surface area (Å²) in [5.41, 5.74) is 4.06. The lowest BCUT2D eigenvalue weighted by atomic mass is 10.2. The fourth-order valence-corrected chi connectivity index (χ4v) is 3.22. The monoisotopic (exact) mass is 480 g/mol. The van der Waals surface area contributed by atoms with E-state index in [1.807, 2.05) is 6.07 Å². The van der Waals surface area contributed by atoms with E-state index in [4.69, 9.17) is 14.2 Å². The van der Waals surface area contributed by atoms with Gasteiger partial charge < -0.3 is 14.2 Å². The summed E-state index contributed by atoms with van der Waals surface area (Å²) in [6, 6.07) is 18.7. The van der Waals surface area contributed by atoms with Gasteiger partial charge >= 0.3 is 5.97 Å². The SMILES string of the molecule is O=C(NN=Cc1ccc(OC(=O)c2cccc(Br)c2)cc1)c1ccc2c(c1)OCCO2. The van der Waals surface area contributed by atoms with Crippen molar-refractivity contribution in [3.63, 3.8) is 0 Å². The van der Waals surface area contributed by atoms with Crippen LogP contribution in [-0.4, -0.2) is 31.3 Å². The highest BCUT2D eigenvalue weighted by Gasteiger charge is 2.14. The number of hydrogen-bond donors (Lipinski definition) is 1. The normalized spacial score (nSPS) is 12.4. The molecule has 1 amide bonds. The van der Waals surface area contributed by atoms with E-state index in [2.05, 4.69) is 26.5 Å². The minimum atomic E-state index is -0.450. The summed E-state index contributed by atoms with van der Waals surface area (Å²) < 4.78 is 17.1. The maximum absolute atomic E-state index is 12.3. The van der Waals surface area contributed by atoms with Gasteiger partial charge in [-0.05, 0) is 66.2 Å². The molecule has 7 nitrogen and oxygen atoms in total. The number of carbonyl (C=O) groups excluding carboxylic acids is 2. The summed E-state index contributed by atoms with van der Waals surface area (Å²) in [4.78, 5) is 24.5. The quantitative estimate of drug-likeness (QED) is 0.256. The lowest BCUT2D eigenvalue weighted by Crippen LogP contribution is -2.19. The van der Waals surface area contributed by atoms with Gasteiger partial charge in [0.05, 0.1) is 11.8 Å². The maximum Gasteiger partial charge on any atom is 0.343 e. The fraction of sp³-hybridized carbons (Fsp3) is 0.0870. The Balaban J connectivity index is 1.33. The lowest BCUT2D eigenvalue weighted by Gasteiger charge is -2.18. The van der Waals surface area contributed by atoms with Crippen LogP contribution in [0.5, 0.6) is 17.2 Å². The molecule has 3 aromatic carbocycles. The van der Waals surface area contributed by atoms with Crippen LogP contribution in [0.3, 0.4) is 0 Å². The van der Waals surface area contributed by atoms with Crippen LogP contribution in [0.2, 0.25) is 0 Å². The van der Waals surface area contributed by atoms with Crippen molar-refractivity contribution >= 4 is 34.0 Å². The fourth-order valence-electron chi connectivity index (χ4n) is 2.82. The van der Waals surface area contributed by atoms with Crippen LogP contribution < -0.4 is 19.6 Å². The molecule has 0 aromatic heterocycles.